The number of aromatic nitrogens is 1. The average molecular weight is 684 g/mol. The Labute approximate surface area is 285 Å². The minimum Gasteiger partial charge on any atom is -0.490 e. The van der Waals surface area contributed by atoms with Crippen molar-refractivity contribution in [2.75, 3.05) is 19.7 Å². The number of halogens is 1. The standard InChI is InChI=1S/C36H46ClN3O8/c1-22-16-24(29(37)17-23(22)6-4-5-14-39-35(46)40-19-30(42)33(44)34(45)31(43)20-41)21-47-36(12-13-36)28-18-38-15-11-26(28)27-7-2-3-8-32(27)48-25-9-10-25/h2-3,7-8,11,15-18,25,30-31,33-34,41-45H,4-6,9-10,12-14,19-21H2,1H3,(H2,39,40,46). The number of amides is 2. The predicted molar refractivity (Wildman–Crippen MR) is 181 cm³/mol. The number of benzene rings is 2. The van der Waals surface area contributed by atoms with Crippen LogP contribution in [-0.4, -0.2) is 86.8 Å². The molecule has 0 spiro atoms. The minimum absolute atomic E-state index is 0.297. The summed E-state index contributed by atoms with van der Waals surface area (Å²) in [5.74, 6) is 0.891. The number of aliphatic hydroxyl groups is 5. The van der Waals surface area contributed by atoms with E-state index in [1.807, 2.05) is 42.7 Å². The smallest absolute Gasteiger partial charge is 0.314 e. The first kappa shape index (κ1) is 36.0. The number of aryl methyl sites for hydroxylation is 2. The molecule has 0 aliphatic heterocycles. The second-order valence-electron chi connectivity index (χ2n) is 12.8. The van der Waals surface area contributed by atoms with Gasteiger partial charge in [0.15, 0.2) is 0 Å². The van der Waals surface area contributed by atoms with Crippen LogP contribution < -0.4 is 15.4 Å². The molecular formula is C36H46ClN3O8. The molecule has 3 aromatic rings. The highest BCUT2D eigenvalue weighted by Gasteiger charge is 2.48. The number of carbonyl (C=O) groups is 1. The molecule has 2 aromatic carbocycles. The van der Waals surface area contributed by atoms with E-state index < -0.39 is 42.7 Å². The number of pyridine rings is 1. The highest BCUT2D eigenvalue weighted by atomic mass is 35.5. The molecule has 4 atom stereocenters. The third-order valence-corrected chi connectivity index (χ3v) is 9.33. The van der Waals surface area contributed by atoms with Gasteiger partial charge in [-0.1, -0.05) is 35.9 Å². The Bertz CT molecular complexity index is 1530. The number of unbranched alkanes of at least 4 members (excludes halogenated alkanes) is 1. The number of aliphatic hydroxyl groups excluding tert-OH is 5. The van der Waals surface area contributed by atoms with E-state index in [-0.39, 0.29) is 6.54 Å². The van der Waals surface area contributed by atoms with Gasteiger partial charge < -0.3 is 45.6 Å². The van der Waals surface area contributed by atoms with Crippen molar-refractivity contribution in [2.45, 2.75) is 94.6 Å². The van der Waals surface area contributed by atoms with Gasteiger partial charge in [-0.3, -0.25) is 4.98 Å². The van der Waals surface area contributed by atoms with E-state index in [0.717, 1.165) is 77.7 Å². The number of hydrogen-bond acceptors (Lipinski definition) is 9. The summed E-state index contributed by atoms with van der Waals surface area (Å²) in [7, 11) is 0. The number of ether oxygens (including phenoxy) is 2. The Balaban J connectivity index is 1.09. The number of para-hydroxylation sites is 1. The fourth-order valence-electron chi connectivity index (χ4n) is 5.72. The number of hydrogen-bond donors (Lipinski definition) is 7. The summed E-state index contributed by atoms with van der Waals surface area (Å²) in [4.78, 5) is 16.5. The Morgan fingerprint density at radius 3 is 2.48 bits per heavy atom. The van der Waals surface area contributed by atoms with Crippen molar-refractivity contribution in [3.63, 3.8) is 0 Å². The maximum atomic E-state index is 12.1. The van der Waals surface area contributed by atoms with E-state index in [1.54, 1.807) is 0 Å². The summed E-state index contributed by atoms with van der Waals surface area (Å²) in [6, 6.07) is 13.7. The van der Waals surface area contributed by atoms with Crippen LogP contribution in [0, 0.1) is 6.92 Å². The first-order chi connectivity index (χ1) is 23.1. The molecule has 2 fully saturated rings. The van der Waals surface area contributed by atoms with E-state index in [9.17, 15) is 25.2 Å². The molecule has 2 amide bonds. The van der Waals surface area contributed by atoms with E-state index in [0.29, 0.717) is 30.7 Å². The van der Waals surface area contributed by atoms with Crippen molar-refractivity contribution >= 4 is 17.6 Å². The van der Waals surface area contributed by atoms with Crippen LogP contribution >= 0.6 is 11.6 Å². The van der Waals surface area contributed by atoms with Gasteiger partial charge in [0.2, 0.25) is 0 Å². The molecule has 11 nitrogen and oxygen atoms in total. The molecule has 0 bridgehead atoms. The Kier molecular flexibility index (Phi) is 12.3. The van der Waals surface area contributed by atoms with Crippen molar-refractivity contribution in [1.29, 1.82) is 0 Å². The molecule has 2 saturated carbocycles. The van der Waals surface area contributed by atoms with Crippen LogP contribution in [0.15, 0.2) is 54.9 Å². The summed E-state index contributed by atoms with van der Waals surface area (Å²) in [6.45, 7) is 1.71. The second kappa shape index (κ2) is 16.4. The fraction of sp³-hybridized carbons (Fsp3) is 0.500. The van der Waals surface area contributed by atoms with Crippen LogP contribution in [0.1, 0.15) is 60.8 Å². The van der Waals surface area contributed by atoms with Gasteiger partial charge in [-0.15, -0.1) is 0 Å². The zero-order chi connectivity index (χ0) is 34.3. The van der Waals surface area contributed by atoms with Crippen LogP contribution in [0.3, 0.4) is 0 Å². The molecule has 2 aliphatic carbocycles. The lowest BCUT2D eigenvalue weighted by atomic mass is 9.96. The van der Waals surface area contributed by atoms with Gasteiger partial charge in [0.1, 0.15) is 24.1 Å². The maximum absolute atomic E-state index is 12.1. The molecular weight excluding hydrogens is 638 g/mol. The van der Waals surface area contributed by atoms with E-state index in [1.165, 1.54) is 0 Å². The number of nitrogens with one attached hydrogen (secondary N) is 2. The highest BCUT2D eigenvalue weighted by Crippen LogP contribution is 2.53. The number of nitrogens with zero attached hydrogens (tertiary/aromatic N) is 1. The summed E-state index contributed by atoms with van der Waals surface area (Å²) in [5.41, 5.74) is 5.93. The van der Waals surface area contributed by atoms with Gasteiger partial charge in [0, 0.05) is 41.6 Å². The Morgan fingerprint density at radius 1 is 1.00 bits per heavy atom. The third-order valence-electron chi connectivity index (χ3n) is 8.98. The van der Waals surface area contributed by atoms with E-state index >= 15 is 0 Å². The van der Waals surface area contributed by atoms with Gasteiger partial charge in [0.05, 0.1) is 31.0 Å². The maximum Gasteiger partial charge on any atom is 0.314 e. The molecule has 48 heavy (non-hydrogen) atoms. The van der Waals surface area contributed by atoms with Crippen molar-refractivity contribution in [3.05, 3.63) is 82.1 Å². The quantitative estimate of drug-likeness (QED) is 0.0991. The first-order valence-electron chi connectivity index (χ1n) is 16.6. The molecule has 5 rings (SSSR count). The van der Waals surface area contributed by atoms with Gasteiger partial charge in [-0.05, 0) is 92.3 Å². The largest absolute Gasteiger partial charge is 0.490 e. The number of urea groups is 1. The van der Waals surface area contributed by atoms with Crippen molar-refractivity contribution < 1.29 is 39.8 Å². The molecule has 0 saturated heterocycles. The number of rotatable bonds is 18. The average Bonchev–Trinajstić information content (AvgIpc) is 4.04. The monoisotopic (exact) mass is 683 g/mol. The summed E-state index contributed by atoms with van der Waals surface area (Å²) < 4.78 is 12.8. The molecule has 2 aliphatic rings. The first-order valence-corrected chi connectivity index (χ1v) is 17.0. The second-order valence-corrected chi connectivity index (χ2v) is 13.2. The molecule has 1 heterocycles. The van der Waals surface area contributed by atoms with Crippen LogP contribution in [0.25, 0.3) is 11.1 Å². The van der Waals surface area contributed by atoms with Crippen LogP contribution in [-0.2, 0) is 23.4 Å². The zero-order valence-corrected chi connectivity index (χ0v) is 27.9. The van der Waals surface area contributed by atoms with Crippen molar-refractivity contribution in [3.8, 4) is 16.9 Å². The van der Waals surface area contributed by atoms with Gasteiger partial charge >= 0.3 is 6.03 Å². The van der Waals surface area contributed by atoms with Gasteiger partial charge in [0.25, 0.3) is 0 Å². The minimum atomic E-state index is -1.75. The summed E-state index contributed by atoms with van der Waals surface area (Å²) in [5, 5.41) is 53.5. The van der Waals surface area contributed by atoms with Crippen LogP contribution in [0.4, 0.5) is 4.79 Å². The number of carbonyl (C=O) groups excluding carboxylic acids is 1. The molecule has 1 aromatic heterocycles. The molecule has 260 valence electrons. The third kappa shape index (κ3) is 9.23. The Morgan fingerprint density at radius 2 is 1.75 bits per heavy atom. The van der Waals surface area contributed by atoms with E-state index in [2.05, 4.69) is 34.7 Å². The lowest BCUT2D eigenvalue weighted by Crippen LogP contribution is -2.50. The topological polar surface area (TPSA) is 174 Å². The van der Waals surface area contributed by atoms with Gasteiger partial charge in [-0.25, -0.2) is 4.79 Å². The molecule has 12 heteroatoms. The van der Waals surface area contributed by atoms with Crippen LogP contribution in [0.2, 0.25) is 5.02 Å². The lowest BCUT2D eigenvalue weighted by Gasteiger charge is -2.25. The fourth-order valence-corrected chi connectivity index (χ4v) is 5.96. The van der Waals surface area contributed by atoms with Crippen molar-refractivity contribution in [2.24, 2.45) is 0 Å². The normalized spacial score (nSPS) is 17.6. The molecule has 7 N–H and O–H groups in total. The lowest BCUT2D eigenvalue weighted by molar-refractivity contribution is -0.113. The van der Waals surface area contributed by atoms with Gasteiger partial charge in [-0.2, -0.15) is 0 Å². The highest BCUT2D eigenvalue weighted by molar-refractivity contribution is 6.31. The summed E-state index contributed by atoms with van der Waals surface area (Å²) in [6.07, 6.45) is 3.69. The molecule has 4 unspecified atom stereocenters. The molecule has 0 radical (unpaired) electrons. The summed E-state index contributed by atoms with van der Waals surface area (Å²) >= 11 is 6.75. The van der Waals surface area contributed by atoms with Crippen molar-refractivity contribution in [1.82, 2.24) is 15.6 Å². The Hall–Kier alpha value is -3.29. The van der Waals surface area contributed by atoms with Crippen LogP contribution in [0.5, 0.6) is 5.75 Å². The zero-order valence-electron chi connectivity index (χ0n) is 27.1. The van der Waals surface area contributed by atoms with E-state index in [4.69, 9.17) is 26.2 Å². The SMILES string of the molecule is Cc1cc(COC2(c3cnccc3-c3ccccc3OC3CC3)CC2)c(Cl)cc1CCCCNC(=O)NCC(O)C(O)C(O)C(O)CO. The predicted octanol–water partition coefficient (Wildman–Crippen LogP) is 3.52.